The number of nitrogens with zero attached hydrogens (tertiary/aromatic N) is 5. The van der Waals surface area contributed by atoms with Gasteiger partial charge < -0.3 is 9.47 Å². The highest BCUT2D eigenvalue weighted by molar-refractivity contribution is 7.89. The zero-order valence-corrected chi connectivity index (χ0v) is 23.2. The lowest BCUT2D eigenvalue weighted by molar-refractivity contribution is -0.143. The number of benzene rings is 2. The number of carbonyl (C=O) groups excluding carboxylic acids is 1. The molecule has 0 amide bonds. The standard InChI is InChI=1S/C28H31N5O5S/c1-5-37-27(34)14-23(21-13-24-28(29-15-21)32(4)31-30-24)20-11-10-18(2)22(12-20)17-33-16-19(3)38-25-8-6-7-9-26(25)39(33,35)36/h6-13,15,19,23H,5,14,16-17H2,1-4H3. The Morgan fingerprint density at radius 3 is 2.77 bits per heavy atom. The molecule has 0 saturated heterocycles. The largest absolute Gasteiger partial charge is 0.488 e. The highest BCUT2D eigenvalue weighted by atomic mass is 32.2. The molecule has 0 bridgehead atoms. The number of carbonyl (C=O) groups is 1. The van der Waals surface area contributed by atoms with E-state index in [1.165, 1.54) is 4.31 Å². The number of fused-ring (bicyclic) bond motifs is 2. The van der Waals surface area contributed by atoms with Crippen LogP contribution in [0.1, 0.15) is 48.4 Å². The van der Waals surface area contributed by atoms with Gasteiger partial charge in [-0.05, 0) is 61.2 Å². The Labute approximate surface area is 227 Å². The first kappa shape index (κ1) is 26.8. The normalized spacial score (nSPS) is 17.7. The molecule has 2 atom stereocenters. The third-order valence-corrected chi connectivity index (χ3v) is 8.77. The highest BCUT2D eigenvalue weighted by Crippen LogP contribution is 2.34. The molecule has 2 aromatic heterocycles. The topological polar surface area (TPSA) is 117 Å². The van der Waals surface area contributed by atoms with Gasteiger partial charge in [0.2, 0.25) is 10.0 Å². The average molecular weight is 550 g/mol. The Morgan fingerprint density at radius 1 is 1.18 bits per heavy atom. The van der Waals surface area contributed by atoms with Crippen LogP contribution in [0.5, 0.6) is 5.75 Å². The lowest BCUT2D eigenvalue weighted by Crippen LogP contribution is -2.35. The van der Waals surface area contributed by atoms with Crippen molar-refractivity contribution in [3.8, 4) is 5.75 Å². The van der Waals surface area contributed by atoms with Crippen LogP contribution in [0.15, 0.2) is 59.6 Å². The minimum atomic E-state index is -3.79. The predicted octanol–water partition coefficient (Wildman–Crippen LogP) is 3.73. The molecule has 1 aliphatic heterocycles. The highest BCUT2D eigenvalue weighted by Gasteiger charge is 2.33. The van der Waals surface area contributed by atoms with Crippen molar-refractivity contribution in [1.29, 1.82) is 0 Å². The molecule has 204 valence electrons. The van der Waals surface area contributed by atoms with Gasteiger partial charge in [0, 0.05) is 25.7 Å². The second-order valence-corrected chi connectivity index (χ2v) is 11.7. The molecule has 0 spiro atoms. The quantitative estimate of drug-likeness (QED) is 0.320. The Bertz CT molecular complexity index is 1630. The van der Waals surface area contributed by atoms with E-state index in [4.69, 9.17) is 9.47 Å². The molecule has 11 heteroatoms. The van der Waals surface area contributed by atoms with Crippen molar-refractivity contribution in [2.24, 2.45) is 7.05 Å². The number of para-hydroxylation sites is 1. The lowest BCUT2D eigenvalue weighted by atomic mass is 9.87. The molecule has 0 radical (unpaired) electrons. The molecule has 0 N–H and O–H groups in total. The summed E-state index contributed by atoms with van der Waals surface area (Å²) in [6.07, 6.45) is 1.50. The van der Waals surface area contributed by atoms with Crippen LogP contribution in [0.4, 0.5) is 0 Å². The maximum absolute atomic E-state index is 13.6. The summed E-state index contributed by atoms with van der Waals surface area (Å²) < 4.78 is 41.5. The summed E-state index contributed by atoms with van der Waals surface area (Å²) in [4.78, 5) is 17.3. The van der Waals surface area contributed by atoms with Crippen molar-refractivity contribution in [3.05, 3.63) is 77.0 Å². The second-order valence-electron chi connectivity index (χ2n) is 9.74. The summed E-state index contributed by atoms with van der Waals surface area (Å²) in [5.41, 5.74) is 4.69. The van der Waals surface area contributed by atoms with E-state index < -0.39 is 10.0 Å². The molecule has 10 nitrogen and oxygen atoms in total. The Morgan fingerprint density at radius 2 is 1.97 bits per heavy atom. The molecular weight excluding hydrogens is 518 g/mol. The summed E-state index contributed by atoms with van der Waals surface area (Å²) >= 11 is 0. The lowest BCUT2D eigenvalue weighted by Gasteiger charge is -2.24. The average Bonchev–Trinajstić information content (AvgIpc) is 3.24. The predicted molar refractivity (Wildman–Crippen MR) is 145 cm³/mol. The van der Waals surface area contributed by atoms with Crippen LogP contribution in [0, 0.1) is 6.92 Å². The molecular formula is C28H31N5O5S. The van der Waals surface area contributed by atoms with Gasteiger partial charge in [-0.1, -0.05) is 35.5 Å². The van der Waals surface area contributed by atoms with Crippen molar-refractivity contribution in [3.63, 3.8) is 0 Å². The van der Waals surface area contributed by atoms with Crippen LogP contribution < -0.4 is 4.74 Å². The van der Waals surface area contributed by atoms with E-state index in [9.17, 15) is 13.2 Å². The van der Waals surface area contributed by atoms with E-state index in [1.54, 1.807) is 49.1 Å². The maximum atomic E-state index is 13.6. The van der Waals surface area contributed by atoms with Crippen LogP contribution in [-0.2, 0) is 33.1 Å². The SMILES string of the molecule is CCOC(=O)CC(c1ccc(C)c(CN2CC(C)Oc3ccccc3S2(=O)=O)c1)c1cnc2c(c1)nnn2C. The molecule has 3 heterocycles. The van der Waals surface area contributed by atoms with Crippen LogP contribution in [0.3, 0.4) is 0 Å². The van der Waals surface area contributed by atoms with Gasteiger partial charge in [0.15, 0.2) is 5.65 Å². The number of ether oxygens (including phenoxy) is 2. The fraction of sp³-hybridized carbons (Fsp3) is 0.357. The van der Waals surface area contributed by atoms with Crippen molar-refractivity contribution >= 4 is 27.2 Å². The number of hydrogen-bond donors (Lipinski definition) is 0. The van der Waals surface area contributed by atoms with Gasteiger partial charge >= 0.3 is 5.97 Å². The first-order valence-corrected chi connectivity index (χ1v) is 14.3. The fourth-order valence-electron chi connectivity index (χ4n) is 4.90. The second kappa shape index (κ2) is 10.7. The number of sulfonamides is 1. The van der Waals surface area contributed by atoms with E-state index in [1.807, 2.05) is 38.1 Å². The summed E-state index contributed by atoms with van der Waals surface area (Å²) in [6.45, 7) is 6.23. The molecule has 39 heavy (non-hydrogen) atoms. The van der Waals surface area contributed by atoms with E-state index in [0.717, 1.165) is 22.3 Å². The first-order valence-electron chi connectivity index (χ1n) is 12.8. The third-order valence-electron chi connectivity index (χ3n) is 6.92. The van der Waals surface area contributed by atoms with Gasteiger partial charge in [0.1, 0.15) is 22.3 Å². The van der Waals surface area contributed by atoms with E-state index in [-0.39, 0.29) is 49.0 Å². The maximum Gasteiger partial charge on any atom is 0.306 e. The number of esters is 1. The zero-order chi connectivity index (χ0) is 27.7. The molecule has 1 aliphatic rings. The number of aromatic nitrogens is 4. The van der Waals surface area contributed by atoms with Crippen molar-refractivity contribution in [2.75, 3.05) is 13.2 Å². The molecule has 0 fully saturated rings. The number of hydrogen-bond acceptors (Lipinski definition) is 8. The van der Waals surface area contributed by atoms with E-state index in [2.05, 4.69) is 15.3 Å². The van der Waals surface area contributed by atoms with Gasteiger partial charge in [-0.25, -0.2) is 18.1 Å². The fourth-order valence-corrected chi connectivity index (χ4v) is 6.52. The third kappa shape index (κ3) is 5.37. The van der Waals surface area contributed by atoms with Gasteiger partial charge in [-0.15, -0.1) is 5.10 Å². The van der Waals surface area contributed by atoms with E-state index in [0.29, 0.717) is 16.9 Å². The minimum Gasteiger partial charge on any atom is -0.488 e. The smallest absolute Gasteiger partial charge is 0.306 e. The van der Waals surface area contributed by atoms with Crippen LogP contribution in [0.2, 0.25) is 0 Å². The van der Waals surface area contributed by atoms with Crippen molar-refractivity contribution in [2.45, 2.75) is 50.7 Å². The van der Waals surface area contributed by atoms with E-state index >= 15 is 0 Å². The molecule has 0 aliphatic carbocycles. The van der Waals surface area contributed by atoms with Gasteiger partial charge in [-0.2, -0.15) is 4.31 Å². The number of pyridine rings is 1. The van der Waals surface area contributed by atoms with Gasteiger partial charge in [0.25, 0.3) is 0 Å². The summed E-state index contributed by atoms with van der Waals surface area (Å²) in [5, 5.41) is 8.21. The molecule has 2 aromatic carbocycles. The molecule has 5 rings (SSSR count). The molecule has 2 unspecified atom stereocenters. The summed E-state index contributed by atoms with van der Waals surface area (Å²) in [6, 6.07) is 14.5. The Balaban J connectivity index is 1.53. The van der Waals surface area contributed by atoms with Crippen LogP contribution in [-0.4, -0.2) is 57.9 Å². The van der Waals surface area contributed by atoms with Crippen LogP contribution >= 0.6 is 0 Å². The Kier molecular flexibility index (Phi) is 7.37. The summed E-state index contributed by atoms with van der Waals surface area (Å²) in [7, 11) is -2.02. The summed E-state index contributed by atoms with van der Waals surface area (Å²) in [5.74, 6) is -0.341. The number of rotatable bonds is 7. The monoisotopic (exact) mass is 549 g/mol. The van der Waals surface area contributed by atoms with Crippen molar-refractivity contribution in [1.82, 2.24) is 24.3 Å². The molecule has 4 aromatic rings. The first-order chi connectivity index (χ1) is 18.7. The van der Waals surface area contributed by atoms with Gasteiger partial charge in [-0.3, -0.25) is 4.79 Å². The minimum absolute atomic E-state index is 0.101. The van der Waals surface area contributed by atoms with Gasteiger partial charge in [0.05, 0.1) is 19.6 Å². The van der Waals surface area contributed by atoms with Crippen LogP contribution in [0.25, 0.3) is 11.2 Å². The van der Waals surface area contributed by atoms with Crippen molar-refractivity contribution < 1.29 is 22.7 Å². The molecule has 0 saturated carbocycles. The zero-order valence-electron chi connectivity index (χ0n) is 22.4. The Hall–Kier alpha value is -3.83. The number of aryl methyl sites for hydroxylation is 2.